The summed E-state index contributed by atoms with van der Waals surface area (Å²) in [6.45, 7) is 9.33. The van der Waals surface area contributed by atoms with Crippen LogP contribution < -0.4 is 4.74 Å². The van der Waals surface area contributed by atoms with Gasteiger partial charge in [0.15, 0.2) is 0 Å². The third kappa shape index (κ3) is 5.13. The third-order valence-corrected chi connectivity index (χ3v) is 7.47. The maximum Gasteiger partial charge on any atom is 0.338 e. The molecule has 0 saturated heterocycles. The minimum Gasteiger partial charge on any atom is -0.497 e. The van der Waals surface area contributed by atoms with Gasteiger partial charge in [-0.25, -0.2) is 4.79 Å². The van der Waals surface area contributed by atoms with E-state index in [1.54, 1.807) is 31.2 Å². The molecule has 0 aliphatic heterocycles. The molecule has 0 aromatic heterocycles. The van der Waals surface area contributed by atoms with Gasteiger partial charge in [-0.15, -0.1) is 0 Å². The van der Waals surface area contributed by atoms with Crippen LogP contribution in [0.1, 0.15) is 64.7 Å². The topological polar surface area (TPSA) is 129 Å². The van der Waals surface area contributed by atoms with Crippen molar-refractivity contribution in [2.24, 2.45) is 17.3 Å². The summed E-state index contributed by atoms with van der Waals surface area (Å²) < 4.78 is 22.4. The first-order chi connectivity index (χ1) is 16.6. The molecule has 6 atom stereocenters. The van der Waals surface area contributed by atoms with Gasteiger partial charge >= 0.3 is 17.9 Å². The van der Waals surface area contributed by atoms with Crippen molar-refractivity contribution in [1.29, 1.82) is 0 Å². The number of hydrogen-bond donors (Lipinski definition) is 2. The van der Waals surface area contributed by atoms with Crippen LogP contribution in [0.2, 0.25) is 0 Å². The summed E-state index contributed by atoms with van der Waals surface area (Å²) in [7, 11) is 1.52. The van der Waals surface area contributed by atoms with Crippen molar-refractivity contribution >= 4 is 17.9 Å². The summed E-state index contributed by atoms with van der Waals surface area (Å²) in [5, 5.41) is 23.3. The van der Waals surface area contributed by atoms with E-state index in [2.05, 4.69) is 0 Å². The van der Waals surface area contributed by atoms with Crippen molar-refractivity contribution in [2.45, 2.75) is 77.8 Å². The van der Waals surface area contributed by atoms with Gasteiger partial charge in [0, 0.05) is 32.6 Å². The fourth-order valence-electron chi connectivity index (χ4n) is 5.69. The van der Waals surface area contributed by atoms with E-state index in [4.69, 9.17) is 18.9 Å². The Kier molecular flexibility index (Phi) is 7.58. The van der Waals surface area contributed by atoms with Gasteiger partial charge < -0.3 is 29.2 Å². The van der Waals surface area contributed by atoms with Gasteiger partial charge in [-0.1, -0.05) is 13.8 Å². The van der Waals surface area contributed by atoms with Gasteiger partial charge in [0.25, 0.3) is 0 Å². The second kappa shape index (κ2) is 9.86. The highest BCUT2D eigenvalue weighted by molar-refractivity contribution is 5.89. The summed E-state index contributed by atoms with van der Waals surface area (Å²) in [4.78, 5) is 37.4. The van der Waals surface area contributed by atoms with Crippen molar-refractivity contribution in [1.82, 2.24) is 0 Å². The highest BCUT2D eigenvalue weighted by Gasteiger charge is 2.69. The summed E-state index contributed by atoms with van der Waals surface area (Å²) in [6, 6.07) is 6.37. The van der Waals surface area contributed by atoms with Crippen LogP contribution in [-0.2, 0) is 23.8 Å². The Morgan fingerprint density at radius 1 is 0.972 bits per heavy atom. The Morgan fingerprint density at radius 2 is 1.58 bits per heavy atom. The first-order valence-electron chi connectivity index (χ1n) is 12.0. The maximum absolute atomic E-state index is 13.2. The number of aliphatic hydroxyl groups is 2. The van der Waals surface area contributed by atoms with E-state index in [1.807, 2.05) is 13.8 Å². The monoisotopic (exact) mass is 504 g/mol. The van der Waals surface area contributed by atoms with Gasteiger partial charge in [-0.3, -0.25) is 9.59 Å². The Bertz CT molecular complexity index is 1040. The fourth-order valence-corrected chi connectivity index (χ4v) is 5.69. The van der Waals surface area contributed by atoms with Crippen molar-refractivity contribution in [2.75, 3.05) is 7.11 Å². The molecular formula is C27H36O9. The number of hydrogen-bond acceptors (Lipinski definition) is 9. The molecule has 1 fully saturated rings. The van der Waals surface area contributed by atoms with E-state index in [1.165, 1.54) is 34.0 Å². The third-order valence-electron chi connectivity index (χ3n) is 7.47. The molecule has 2 aliphatic rings. The lowest BCUT2D eigenvalue weighted by molar-refractivity contribution is -0.156. The van der Waals surface area contributed by atoms with Crippen molar-refractivity contribution in [3.8, 4) is 5.75 Å². The molecule has 0 spiro atoms. The minimum absolute atomic E-state index is 0.0305. The summed E-state index contributed by atoms with van der Waals surface area (Å²) in [5.41, 5.74) is -4.08. The zero-order valence-corrected chi connectivity index (χ0v) is 21.9. The molecule has 0 heterocycles. The SMILES string of the molecule is COc1ccc(C(=O)O[C@H]2C[C@@](C)(O)C=C(OC(C)=O)[C@]3(C)[C@@H]2[C@](O)(C(C)C)C[C@H]3OC(C)=O)cc1. The van der Waals surface area contributed by atoms with Crippen molar-refractivity contribution in [3.63, 3.8) is 0 Å². The predicted octanol–water partition coefficient (Wildman–Crippen LogP) is 3.17. The van der Waals surface area contributed by atoms with E-state index in [-0.39, 0.29) is 30.1 Å². The largest absolute Gasteiger partial charge is 0.497 e. The molecule has 9 nitrogen and oxygen atoms in total. The molecule has 2 N–H and O–H groups in total. The molecule has 0 bridgehead atoms. The fraction of sp³-hybridized carbons (Fsp3) is 0.593. The van der Waals surface area contributed by atoms with Gasteiger partial charge in [0.1, 0.15) is 23.7 Å². The molecular weight excluding hydrogens is 468 g/mol. The summed E-state index contributed by atoms with van der Waals surface area (Å²) in [6.07, 6.45) is -0.582. The lowest BCUT2D eigenvalue weighted by Gasteiger charge is -2.44. The molecule has 9 heteroatoms. The average molecular weight is 505 g/mol. The quantitative estimate of drug-likeness (QED) is 0.443. The van der Waals surface area contributed by atoms with Crippen LogP contribution in [0.25, 0.3) is 0 Å². The number of rotatable bonds is 6. The lowest BCUT2D eigenvalue weighted by Crippen LogP contribution is -2.52. The highest BCUT2D eigenvalue weighted by atomic mass is 16.6. The maximum atomic E-state index is 13.2. The predicted molar refractivity (Wildman–Crippen MR) is 129 cm³/mol. The Hall–Kier alpha value is -2.91. The van der Waals surface area contributed by atoms with Gasteiger partial charge in [0.2, 0.25) is 0 Å². The molecule has 2 aliphatic carbocycles. The zero-order chi connectivity index (χ0) is 27.1. The second-order valence-electron chi connectivity index (χ2n) is 10.5. The van der Waals surface area contributed by atoms with E-state index >= 15 is 0 Å². The highest BCUT2D eigenvalue weighted by Crippen LogP contribution is 2.61. The number of carbonyl (C=O) groups excluding carboxylic acids is 3. The Labute approximate surface area is 211 Å². The van der Waals surface area contributed by atoms with Crippen molar-refractivity contribution in [3.05, 3.63) is 41.7 Å². The summed E-state index contributed by atoms with van der Waals surface area (Å²) >= 11 is 0. The molecule has 0 amide bonds. The van der Waals surface area contributed by atoms with Gasteiger partial charge in [-0.2, -0.15) is 0 Å². The number of fused-ring (bicyclic) bond motifs is 1. The number of carbonyl (C=O) groups is 3. The minimum atomic E-state index is -1.57. The van der Waals surface area contributed by atoms with E-state index in [0.717, 1.165) is 0 Å². The Balaban J connectivity index is 2.16. The first-order valence-corrected chi connectivity index (χ1v) is 12.0. The van der Waals surface area contributed by atoms with E-state index < -0.39 is 52.7 Å². The van der Waals surface area contributed by atoms with Crippen molar-refractivity contribution < 1.29 is 43.5 Å². The van der Waals surface area contributed by atoms with Crippen LogP contribution >= 0.6 is 0 Å². The molecule has 0 unspecified atom stereocenters. The average Bonchev–Trinajstić information content (AvgIpc) is 2.94. The molecule has 1 aromatic carbocycles. The normalized spacial score (nSPS) is 33.7. The molecule has 3 rings (SSSR count). The molecule has 198 valence electrons. The van der Waals surface area contributed by atoms with Crippen LogP contribution in [0.4, 0.5) is 0 Å². The summed E-state index contributed by atoms with van der Waals surface area (Å²) in [5.74, 6) is -2.46. The van der Waals surface area contributed by atoms with Crippen LogP contribution in [0.5, 0.6) is 5.75 Å². The van der Waals surface area contributed by atoms with Gasteiger partial charge in [-0.05, 0) is 50.1 Å². The zero-order valence-electron chi connectivity index (χ0n) is 21.9. The molecule has 1 saturated carbocycles. The van der Waals surface area contributed by atoms with Crippen LogP contribution in [-0.4, -0.2) is 58.6 Å². The number of esters is 3. The van der Waals surface area contributed by atoms with E-state index in [0.29, 0.717) is 5.75 Å². The van der Waals surface area contributed by atoms with Gasteiger partial charge in [0.05, 0.1) is 29.3 Å². The number of ether oxygens (including phenoxy) is 4. The van der Waals surface area contributed by atoms with Crippen LogP contribution in [0, 0.1) is 17.3 Å². The smallest absolute Gasteiger partial charge is 0.338 e. The number of methoxy groups -OCH3 is 1. The second-order valence-corrected chi connectivity index (χ2v) is 10.5. The molecule has 36 heavy (non-hydrogen) atoms. The van der Waals surface area contributed by atoms with Crippen LogP contribution in [0.15, 0.2) is 36.1 Å². The first kappa shape index (κ1) is 27.7. The Morgan fingerprint density at radius 3 is 2.08 bits per heavy atom. The van der Waals surface area contributed by atoms with E-state index in [9.17, 15) is 24.6 Å². The van der Waals surface area contributed by atoms with Crippen LogP contribution in [0.3, 0.4) is 0 Å². The number of benzene rings is 1. The standard InChI is InChI=1S/C27H36O9/c1-15(2)27(32)14-22(35-17(4)29)26(6)21(34-16(3)28)13-25(5,31)12-20(23(26)27)36-24(30)18-8-10-19(33-7)11-9-18/h8-11,13,15,20,22-23,31-32H,12,14H2,1-7H3/t20-,22+,23+,25+,26-,27+/m0/s1. The molecule has 1 aromatic rings. The molecule has 0 radical (unpaired) electrons. The lowest BCUT2D eigenvalue weighted by atomic mass is 9.67.